The number of methoxy groups -OCH3 is 1. The fraction of sp³-hybridized carbons (Fsp3) is 0.733. The van der Waals surface area contributed by atoms with Gasteiger partial charge < -0.3 is 15.0 Å². The molecule has 1 saturated carbocycles. The van der Waals surface area contributed by atoms with Gasteiger partial charge in [0.2, 0.25) is 0 Å². The fourth-order valence-corrected chi connectivity index (χ4v) is 3.07. The van der Waals surface area contributed by atoms with Crippen molar-refractivity contribution < 1.29 is 4.74 Å². The van der Waals surface area contributed by atoms with Crippen LogP contribution in [0.15, 0.2) is 10.9 Å². The van der Waals surface area contributed by atoms with Crippen LogP contribution in [0, 0.1) is 5.92 Å². The second-order valence-corrected chi connectivity index (χ2v) is 5.77. The smallest absolute Gasteiger partial charge is 0.251 e. The summed E-state index contributed by atoms with van der Waals surface area (Å²) < 4.78 is 5.80. The van der Waals surface area contributed by atoms with E-state index in [0.717, 1.165) is 31.5 Å². The molecule has 0 amide bonds. The minimum Gasteiger partial charge on any atom is -0.370 e. The molecule has 2 rings (SSSR count). The topological polar surface area (TPSA) is 67.0 Å². The van der Waals surface area contributed by atoms with E-state index in [4.69, 9.17) is 4.74 Å². The molecule has 1 aliphatic rings. The first-order valence-corrected chi connectivity index (χ1v) is 7.46. The van der Waals surface area contributed by atoms with Crippen LogP contribution in [-0.2, 0) is 16.9 Å². The molecule has 1 aliphatic carbocycles. The van der Waals surface area contributed by atoms with Crippen molar-refractivity contribution in [2.24, 2.45) is 5.92 Å². The lowest BCUT2D eigenvalue weighted by Crippen LogP contribution is -2.38. The zero-order chi connectivity index (χ0) is 14.6. The van der Waals surface area contributed by atoms with Gasteiger partial charge >= 0.3 is 0 Å². The number of aromatic nitrogens is 2. The summed E-state index contributed by atoms with van der Waals surface area (Å²) in [5.74, 6) is 1.28. The molecular weight excluding hydrogens is 254 g/mol. The molecule has 1 fully saturated rings. The monoisotopic (exact) mass is 279 g/mol. The number of hydrogen-bond donors (Lipinski definition) is 2. The van der Waals surface area contributed by atoms with Gasteiger partial charge in [-0.05, 0) is 31.7 Å². The first-order valence-electron chi connectivity index (χ1n) is 7.46. The molecule has 0 saturated heterocycles. The molecule has 2 unspecified atom stereocenters. The van der Waals surface area contributed by atoms with Crippen molar-refractivity contribution in [3.63, 3.8) is 0 Å². The quantitative estimate of drug-likeness (QED) is 0.864. The Bertz CT molecular complexity index is 500. The van der Waals surface area contributed by atoms with E-state index in [2.05, 4.69) is 22.2 Å². The SMILES string of the molecule is CCNCc1cc(=O)[nH]c(C2(OC)CCCC(C)C2)n1. The summed E-state index contributed by atoms with van der Waals surface area (Å²) in [4.78, 5) is 19.4. The van der Waals surface area contributed by atoms with E-state index in [1.54, 1.807) is 13.2 Å². The van der Waals surface area contributed by atoms with Crippen molar-refractivity contribution >= 4 is 0 Å². The van der Waals surface area contributed by atoms with Gasteiger partial charge in [0.15, 0.2) is 0 Å². The molecule has 2 N–H and O–H groups in total. The third kappa shape index (κ3) is 3.27. The van der Waals surface area contributed by atoms with Crippen molar-refractivity contribution in [2.75, 3.05) is 13.7 Å². The molecule has 2 atom stereocenters. The van der Waals surface area contributed by atoms with Crippen LogP contribution in [0.1, 0.15) is 51.0 Å². The Morgan fingerprint density at radius 1 is 1.60 bits per heavy atom. The highest BCUT2D eigenvalue weighted by Crippen LogP contribution is 2.40. The van der Waals surface area contributed by atoms with Gasteiger partial charge in [-0.2, -0.15) is 0 Å². The van der Waals surface area contributed by atoms with Crippen LogP contribution < -0.4 is 10.9 Å². The first kappa shape index (κ1) is 15.2. The van der Waals surface area contributed by atoms with Crippen molar-refractivity contribution in [1.29, 1.82) is 0 Å². The summed E-state index contributed by atoms with van der Waals surface area (Å²) in [7, 11) is 1.72. The summed E-state index contributed by atoms with van der Waals surface area (Å²) in [5, 5.41) is 3.21. The van der Waals surface area contributed by atoms with Crippen LogP contribution in [0.2, 0.25) is 0 Å². The molecule has 1 aromatic heterocycles. The fourth-order valence-electron chi connectivity index (χ4n) is 3.07. The summed E-state index contributed by atoms with van der Waals surface area (Å²) in [6.45, 7) is 5.74. The van der Waals surface area contributed by atoms with Gasteiger partial charge in [0.25, 0.3) is 5.56 Å². The van der Waals surface area contributed by atoms with Gasteiger partial charge in [-0.25, -0.2) is 4.98 Å². The number of hydrogen-bond acceptors (Lipinski definition) is 4. The minimum atomic E-state index is -0.431. The van der Waals surface area contributed by atoms with E-state index in [9.17, 15) is 4.79 Å². The standard InChI is InChI=1S/C15H25N3O2/c1-4-16-10-12-8-13(19)18-14(17-12)15(20-3)7-5-6-11(2)9-15/h8,11,16H,4-7,9-10H2,1-3H3,(H,17,18,19). The summed E-state index contributed by atoms with van der Waals surface area (Å²) in [6, 6.07) is 1.56. The Morgan fingerprint density at radius 3 is 3.05 bits per heavy atom. The van der Waals surface area contributed by atoms with Gasteiger partial charge in [0.05, 0.1) is 5.69 Å². The van der Waals surface area contributed by atoms with Crippen molar-refractivity contribution in [1.82, 2.24) is 15.3 Å². The maximum atomic E-state index is 11.9. The third-order valence-corrected chi connectivity index (χ3v) is 4.13. The van der Waals surface area contributed by atoms with E-state index >= 15 is 0 Å². The molecule has 0 spiro atoms. The second-order valence-electron chi connectivity index (χ2n) is 5.77. The normalized spacial score (nSPS) is 26.6. The Labute approximate surface area is 120 Å². The van der Waals surface area contributed by atoms with Crippen molar-refractivity contribution in [3.05, 3.63) is 27.9 Å². The van der Waals surface area contributed by atoms with Crippen LogP contribution in [0.5, 0.6) is 0 Å². The van der Waals surface area contributed by atoms with Crippen LogP contribution in [0.3, 0.4) is 0 Å². The zero-order valence-corrected chi connectivity index (χ0v) is 12.7. The number of ether oxygens (including phenoxy) is 1. The predicted octanol–water partition coefficient (Wildman–Crippen LogP) is 1.93. The largest absolute Gasteiger partial charge is 0.370 e. The number of H-pyrrole nitrogens is 1. The van der Waals surface area contributed by atoms with E-state index < -0.39 is 5.60 Å². The lowest BCUT2D eigenvalue weighted by Gasteiger charge is -2.37. The minimum absolute atomic E-state index is 0.0995. The molecule has 5 nitrogen and oxygen atoms in total. The van der Waals surface area contributed by atoms with Gasteiger partial charge in [0, 0.05) is 19.7 Å². The molecule has 0 aromatic carbocycles. The molecule has 0 bridgehead atoms. The maximum absolute atomic E-state index is 11.9. The van der Waals surface area contributed by atoms with Crippen molar-refractivity contribution in [2.45, 2.75) is 51.7 Å². The highest BCUT2D eigenvalue weighted by molar-refractivity contribution is 5.10. The van der Waals surface area contributed by atoms with E-state index in [1.807, 2.05) is 6.92 Å². The molecule has 112 valence electrons. The summed E-state index contributed by atoms with van der Waals surface area (Å²) in [6.07, 6.45) is 4.15. The molecule has 0 aliphatic heterocycles. The maximum Gasteiger partial charge on any atom is 0.251 e. The van der Waals surface area contributed by atoms with E-state index in [-0.39, 0.29) is 5.56 Å². The molecule has 0 radical (unpaired) electrons. The highest BCUT2D eigenvalue weighted by atomic mass is 16.5. The second kappa shape index (κ2) is 6.50. The van der Waals surface area contributed by atoms with Crippen LogP contribution in [0.25, 0.3) is 0 Å². The molecule has 20 heavy (non-hydrogen) atoms. The lowest BCUT2D eigenvalue weighted by molar-refractivity contribution is -0.0649. The number of aromatic amines is 1. The first-order chi connectivity index (χ1) is 9.59. The van der Waals surface area contributed by atoms with Gasteiger partial charge in [-0.15, -0.1) is 0 Å². The Kier molecular flexibility index (Phi) is 4.94. The van der Waals surface area contributed by atoms with Gasteiger partial charge in [0.1, 0.15) is 11.4 Å². The third-order valence-electron chi connectivity index (χ3n) is 4.13. The summed E-state index contributed by atoms with van der Waals surface area (Å²) in [5.41, 5.74) is 0.247. The zero-order valence-electron chi connectivity index (χ0n) is 12.7. The average Bonchev–Trinajstić information content (AvgIpc) is 2.44. The number of nitrogens with one attached hydrogen (secondary N) is 2. The van der Waals surface area contributed by atoms with Crippen LogP contribution >= 0.6 is 0 Å². The molecule has 1 aromatic rings. The van der Waals surface area contributed by atoms with Crippen molar-refractivity contribution in [3.8, 4) is 0 Å². The number of nitrogens with zero attached hydrogens (tertiary/aromatic N) is 1. The predicted molar refractivity (Wildman–Crippen MR) is 78.6 cm³/mol. The Morgan fingerprint density at radius 2 is 2.40 bits per heavy atom. The number of rotatable bonds is 5. The highest BCUT2D eigenvalue weighted by Gasteiger charge is 2.39. The molecule has 1 heterocycles. The van der Waals surface area contributed by atoms with Gasteiger partial charge in [-0.3, -0.25) is 4.79 Å². The summed E-state index contributed by atoms with van der Waals surface area (Å²) >= 11 is 0. The van der Waals surface area contributed by atoms with E-state index in [0.29, 0.717) is 18.3 Å². The van der Waals surface area contributed by atoms with Crippen LogP contribution in [-0.4, -0.2) is 23.6 Å². The van der Waals surface area contributed by atoms with Crippen LogP contribution in [0.4, 0.5) is 0 Å². The molecular formula is C15H25N3O2. The average molecular weight is 279 g/mol. The lowest BCUT2D eigenvalue weighted by atomic mass is 9.78. The Hall–Kier alpha value is -1.20. The van der Waals surface area contributed by atoms with E-state index in [1.165, 1.54) is 6.42 Å². The Balaban J connectivity index is 2.33. The van der Waals surface area contributed by atoms with Gasteiger partial charge in [-0.1, -0.05) is 20.3 Å². The molecule has 5 heteroatoms.